The van der Waals surface area contributed by atoms with E-state index >= 15 is 0 Å². The van der Waals surface area contributed by atoms with Crippen molar-refractivity contribution < 1.29 is 18.8 Å². The molecule has 8 nitrogen and oxygen atoms in total. The zero-order valence-electron chi connectivity index (χ0n) is 8.30. The maximum absolute atomic E-state index is 10.5. The molecule has 2 aromatic rings. The van der Waals surface area contributed by atoms with E-state index in [4.69, 9.17) is 14.0 Å². The molecule has 0 amide bonds. The molecule has 0 saturated carbocycles. The molecule has 2 rings (SSSR count). The Kier molecular flexibility index (Phi) is 2.54. The monoisotopic (exact) mass is 224 g/mol. The van der Waals surface area contributed by atoms with Crippen LogP contribution in [0, 0.1) is 6.92 Å². The van der Waals surface area contributed by atoms with Gasteiger partial charge in [0.1, 0.15) is 6.26 Å². The number of hydrogen-bond donors (Lipinski definition) is 2. The van der Waals surface area contributed by atoms with E-state index in [0.29, 0.717) is 11.7 Å². The first kappa shape index (κ1) is 10.1. The smallest absolute Gasteiger partial charge is 0.357 e. The second-order valence-electron chi connectivity index (χ2n) is 2.93. The van der Waals surface area contributed by atoms with Crippen molar-refractivity contribution in [1.29, 1.82) is 0 Å². The predicted molar refractivity (Wildman–Crippen MR) is 49.8 cm³/mol. The quantitative estimate of drug-likeness (QED) is 0.778. The highest BCUT2D eigenvalue weighted by Crippen LogP contribution is 2.08. The van der Waals surface area contributed by atoms with E-state index in [1.807, 2.05) is 0 Å². The van der Waals surface area contributed by atoms with Gasteiger partial charge in [0.15, 0.2) is 11.5 Å². The number of carboxylic acids is 1. The summed E-state index contributed by atoms with van der Waals surface area (Å²) in [4.78, 5) is 18.1. The third-order valence-electron chi connectivity index (χ3n) is 1.68. The van der Waals surface area contributed by atoms with E-state index in [1.165, 1.54) is 0 Å². The van der Waals surface area contributed by atoms with E-state index in [2.05, 4.69) is 20.4 Å². The maximum atomic E-state index is 10.5. The number of rotatable bonds is 4. The Hall–Kier alpha value is -2.38. The summed E-state index contributed by atoms with van der Waals surface area (Å²) in [5, 5.41) is 14.9. The third-order valence-corrected chi connectivity index (χ3v) is 1.68. The van der Waals surface area contributed by atoms with Crippen molar-refractivity contribution in [2.75, 3.05) is 5.32 Å². The topological polar surface area (TPSA) is 114 Å². The molecule has 2 N–H and O–H groups in total. The van der Waals surface area contributed by atoms with Gasteiger partial charge >= 0.3 is 5.97 Å². The Labute approximate surface area is 89.3 Å². The molecule has 16 heavy (non-hydrogen) atoms. The van der Waals surface area contributed by atoms with E-state index in [1.54, 1.807) is 6.92 Å². The molecule has 84 valence electrons. The van der Waals surface area contributed by atoms with Crippen LogP contribution >= 0.6 is 0 Å². The standard InChI is InChI=1S/C8H8N4O4/c1-4-10-6(16-12-4)2-9-8-11-5(3-15-8)7(13)14/h3H,2H2,1H3,(H,9,11)(H,13,14). The molecule has 0 aliphatic heterocycles. The van der Waals surface area contributed by atoms with Gasteiger partial charge in [-0.15, -0.1) is 0 Å². The number of carboxylic acid groups (broad SMARTS) is 1. The summed E-state index contributed by atoms with van der Waals surface area (Å²) in [7, 11) is 0. The van der Waals surface area contributed by atoms with E-state index in [9.17, 15) is 4.79 Å². The Morgan fingerprint density at radius 1 is 1.56 bits per heavy atom. The van der Waals surface area contributed by atoms with Crippen molar-refractivity contribution in [2.24, 2.45) is 0 Å². The molecule has 2 heterocycles. The fourth-order valence-electron chi connectivity index (χ4n) is 1.02. The van der Waals surface area contributed by atoms with Gasteiger partial charge in [-0.1, -0.05) is 5.16 Å². The van der Waals surface area contributed by atoms with Gasteiger partial charge in [0.25, 0.3) is 6.01 Å². The highest BCUT2D eigenvalue weighted by Gasteiger charge is 2.10. The number of nitrogens with zero attached hydrogens (tertiary/aromatic N) is 3. The molecule has 0 fully saturated rings. The van der Waals surface area contributed by atoms with Crippen LogP contribution in [0.15, 0.2) is 15.2 Å². The van der Waals surface area contributed by atoms with Crippen molar-refractivity contribution in [3.05, 3.63) is 23.7 Å². The maximum Gasteiger partial charge on any atom is 0.357 e. The molecule has 0 bridgehead atoms. The summed E-state index contributed by atoms with van der Waals surface area (Å²) >= 11 is 0. The van der Waals surface area contributed by atoms with Crippen molar-refractivity contribution in [2.45, 2.75) is 13.5 Å². The van der Waals surface area contributed by atoms with Gasteiger partial charge < -0.3 is 19.4 Å². The number of aromatic nitrogens is 3. The molecule has 0 saturated heterocycles. The van der Waals surface area contributed by atoms with Gasteiger partial charge in [0, 0.05) is 0 Å². The third kappa shape index (κ3) is 2.16. The van der Waals surface area contributed by atoms with Gasteiger partial charge in [0.05, 0.1) is 6.54 Å². The Bertz CT molecular complexity index is 504. The molecule has 0 aliphatic carbocycles. The lowest BCUT2D eigenvalue weighted by molar-refractivity contribution is 0.0690. The average Bonchev–Trinajstić information content (AvgIpc) is 2.83. The first-order valence-corrected chi connectivity index (χ1v) is 4.37. The van der Waals surface area contributed by atoms with Crippen LogP contribution in [-0.4, -0.2) is 26.2 Å². The van der Waals surface area contributed by atoms with Gasteiger partial charge in [-0.25, -0.2) is 4.79 Å². The highest BCUT2D eigenvalue weighted by molar-refractivity contribution is 5.85. The molecule has 0 unspecified atom stereocenters. The largest absolute Gasteiger partial charge is 0.476 e. The highest BCUT2D eigenvalue weighted by atomic mass is 16.5. The molecule has 0 atom stereocenters. The van der Waals surface area contributed by atoms with Gasteiger partial charge in [-0.3, -0.25) is 0 Å². The van der Waals surface area contributed by atoms with Crippen molar-refractivity contribution in [3.63, 3.8) is 0 Å². The number of hydrogen-bond acceptors (Lipinski definition) is 7. The number of aromatic carboxylic acids is 1. The summed E-state index contributed by atoms with van der Waals surface area (Å²) < 4.78 is 9.69. The lowest BCUT2D eigenvalue weighted by Crippen LogP contribution is -2.01. The van der Waals surface area contributed by atoms with E-state index in [-0.39, 0.29) is 18.3 Å². The summed E-state index contributed by atoms with van der Waals surface area (Å²) in [6.45, 7) is 1.92. The summed E-state index contributed by atoms with van der Waals surface area (Å²) in [6.07, 6.45) is 1.05. The molecule has 2 aromatic heterocycles. The second-order valence-corrected chi connectivity index (χ2v) is 2.93. The Morgan fingerprint density at radius 3 is 2.94 bits per heavy atom. The summed E-state index contributed by atoms with van der Waals surface area (Å²) in [6, 6.07) is 0.0910. The fraction of sp³-hybridized carbons (Fsp3) is 0.250. The molecule has 0 aromatic carbocycles. The summed E-state index contributed by atoms with van der Waals surface area (Å²) in [5.41, 5.74) is -0.163. The van der Waals surface area contributed by atoms with Gasteiger partial charge in [-0.05, 0) is 6.92 Å². The first-order chi connectivity index (χ1) is 7.65. The van der Waals surface area contributed by atoms with E-state index < -0.39 is 5.97 Å². The number of aryl methyl sites for hydroxylation is 1. The Balaban J connectivity index is 1.97. The van der Waals surface area contributed by atoms with Crippen LogP contribution in [-0.2, 0) is 6.54 Å². The zero-order valence-corrected chi connectivity index (χ0v) is 8.30. The second kappa shape index (κ2) is 4.01. The Morgan fingerprint density at radius 2 is 2.38 bits per heavy atom. The lowest BCUT2D eigenvalue weighted by Gasteiger charge is -1.94. The number of carbonyl (C=O) groups is 1. The van der Waals surface area contributed by atoms with Crippen LogP contribution in [0.4, 0.5) is 6.01 Å². The van der Waals surface area contributed by atoms with E-state index in [0.717, 1.165) is 6.26 Å². The van der Waals surface area contributed by atoms with Crippen LogP contribution < -0.4 is 5.32 Å². The minimum atomic E-state index is -1.15. The molecule has 0 radical (unpaired) electrons. The lowest BCUT2D eigenvalue weighted by atomic mass is 10.5. The number of nitrogens with one attached hydrogen (secondary N) is 1. The van der Waals surface area contributed by atoms with Crippen LogP contribution in [0.1, 0.15) is 22.2 Å². The predicted octanol–water partition coefficient (Wildman–Crippen LogP) is 0.676. The molecule has 0 spiro atoms. The average molecular weight is 224 g/mol. The summed E-state index contributed by atoms with van der Waals surface area (Å²) in [5.74, 6) is -0.256. The SMILES string of the molecule is Cc1noc(CNc2nc(C(=O)O)co2)n1. The molecular weight excluding hydrogens is 216 g/mol. The number of oxazole rings is 1. The molecular formula is C8H8N4O4. The van der Waals surface area contributed by atoms with Crippen LogP contribution in [0.5, 0.6) is 0 Å². The van der Waals surface area contributed by atoms with Crippen molar-refractivity contribution >= 4 is 12.0 Å². The zero-order chi connectivity index (χ0) is 11.5. The first-order valence-electron chi connectivity index (χ1n) is 4.37. The van der Waals surface area contributed by atoms with Gasteiger partial charge in [-0.2, -0.15) is 9.97 Å². The molecule has 0 aliphatic rings. The minimum Gasteiger partial charge on any atom is -0.476 e. The van der Waals surface area contributed by atoms with Gasteiger partial charge in [0.2, 0.25) is 5.89 Å². The fourth-order valence-corrected chi connectivity index (χ4v) is 1.02. The van der Waals surface area contributed by atoms with Crippen LogP contribution in [0.2, 0.25) is 0 Å². The van der Waals surface area contributed by atoms with Crippen LogP contribution in [0.25, 0.3) is 0 Å². The molecule has 8 heteroatoms. The van der Waals surface area contributed by atoms with Crippen molar-refractivity contribution in [3.8, 4) is 0 Å². The minimum absolute atomic E-state index is 0.0910. The normalized spacial score (nSPS) is 10.3. The van der Waals surface area contributed by atoms with Crippen molar-refractivity contribution in [1.82, 2.24) is 15.1 Å². The number of anilines is 1. The van der Waals surface area contributed by atoms with Crippen LogP contribution in [0.3, 0.4) is 0 Å².